The molecule has 5 nitrogen and oxygen atoms in total. The van der Waals surface area contributed by atoms with Gasteiger partial charge < -0.3 is 15.6 Å². The van der Waals surface area contributed by atoms with Gasteiger partial charge in [-0.05, 0) is 13.3 Å². The fourth-order valence-corrected chi connectivity index (χ4v) is 1.69. The molecule has 2 aromatic rings. The Morgan fingerprint density at radius 1 is 1.40 bits per heavy atom. The van der Waals surface area contributed by atoms with Crippen LogP contribution in [0.2, 0.25) is 0 Å². The van der Waals surface area contributed by atoms with Gasteiger partial charge in [0.15, 0.2) is 11.7 Å². The van der Waals surface area contributed by atoms with E-state index in [1.165, 1.54) is 0 Å². The smallest absolute Gasteiger partial charge is 0.189 e. The number of nitrogens with one attached hydrogen (secondary N) is 1. The van der Waals surface area contributed by atoms with Crippen LogP contribution < -0.4 is 11.1 Å². The lowest BCUT2D eigenvalue weighted by molar-refractivity contribution is 0.424. The van der Waals surface area contributed by atoms with E-state index < -0.39 is 0 Å². The van der Waals surface area contributed by atoms with Gasteiger partial charge in [0.25, 0.3) is 0 Å². The highest BCUT2D eigenvalue weighted by molar-refractivity contribution is 5.78. The molecule has 3 N–H and O–H groups in total. The zero-order valence-corrected chi connectivity index (χ0v) is 11.8. The second-order valence-corrected chi connectivity index (χ2v) is 4.70. The normalized spacial score (nSPS) is 13.2. The molecule has 1 aromatic heterocycles. The average Bonchev–Trinajstić information content (AvgIpc) is 2.95. The zero-order valence-electron chi connectivity index (χ0n) is 11.8. The van der Waals surface area contributed by atoms with Crippen LogP contribution >= 0.6 is 0 Å². The molecule has 106 valence electrons. The summed E-state index contributed by atoms with van der Waals surface area (Å²) in [5.41, 5.74) is 7.56. The Morgan fingerprint density at radius 3 is 2.85 bits per heavy atom. The van der Waals surface area contributed by atoms with Crippen LogP contribution in [0.1, 0.15) is 26.0 Å². The SMILES string of the molecule is CCC(C)NC(N)=NCc1cc(-c2ccccc2)on1. The van der Waals surface area contributed by atoms with Gasteiger partial charge in [-0.15, -0.1) is 0 Å². The van der Waals surface area contributed by atoms with Crippen LogP contribution in [0.25, 0.3) is 11.3 Å². The van der Waals surface area contributed by atoms with Gasteiger partial charge in [-0.1, -0.05) is 42.4 Å². The summed E-state index contributed by atoms with van der Waals surface area (Å²) in [6.07, 6.45) is 0.998. The van der Waals surface area contributed by atoms with Crippen LogP contribution in [-0.4, -0.2) is 17.2 Å². The summed E-state index contributed by atoms with van der Waals surface area (Å²) in [5, 5.41) is 7.11. The van der Waals surface area contributed by atoms with Crippen LogP contribution in [0, 0.1) is 0 Å². The van der Waals surface area contributed by atoms with Gasteiger partial charge in [0.1, 0.15) is 5.69 Å². The third-order valence-electron chi connectivity index (χ3n) is 3.04. The van der Waals surface area contributed by atoms with Crippen molar-refractivity contribution in [2.75, 3.05) is 0 Å². The van der Waals surface area contributed by atoms with Gasteiger partial charge in [0.05, 0.1) is 6.54 Å². The second kappa shape index (κ2) is 6.75. The minimum atomic E-state index is 0.316. The summed E-state index contributed by atoms with van der Waals surface area (Å²) < 4.78 is 5.30. The minimum absolute atomic E-state index is 0.316. The fraction of sp³-hybridized carbons (Fsp3) is 0.333. The number of nitrogens with two attached hydrogens (primary N) is 1. The van der Waals surface area contributed by atoms with Crippen molar-refractivity contribution in [3.8, 4) is 11.3 Å². The number of rotatable bonds is 5. The van der Waals surface area contributed by atoms with E-state index in [4.69, 9.17) is 10.3 Å². The Labute approximate surface area is 118 Å². The van der Waals surface area contributed by atoms with E-state index in [1.807, 2.05) is 36.4 Å². The first kappa shape index (κ1) is 14.1. The molecular formula is C15H20N4O. The lowest BCUT2D eigenvalue weighted by Gasteiger charge is -2.11. The van der Waals surface area contributed by atoms with Crippen molar-refractivity contribution in [3.63, 3.8) is 0 Å². The molecule has 2 rings (SSSR count). The molecule has 0 saturated carbocycles. The van der Waals surface area contributed by atoms with Crippen LogP contribution in [-0.2, 0) is 6.54 Å². The first-order valence-corrected chi connectivity index (χ1v) is 6.76. The predicted molar refractivity (Wildman–Crippen MR) is 80.2 cm³/mol. The summed E-state index contributed by atoms with van der Waals surface area (Å²) in [4.78, 5) is 4.25. The lowest BCUT2D eigenvalue weighted by Crippen LogP contribution is -2.38. The monoisotopic (exact) mass is 272 g/mol. The van der Waals surface area contributed by atoms with Crippen molar-refractivity contribution >= 4 is 5.96 Å². The number of guanidine groups is 1. The van der Waals surface area contributed by atoms with E-state index >= 15 is 0 Å². The molecule has 0 fully saturated rings. The third kappa shape index (κ3) is 3.85. The van der Waals surface area contributed by atoms with E-state index in [0.717, 1.165) is 23.4 Å². The molecule has 1 heterocycles. The molecule has 5 heteroatoms. The van der Waals surface area contributed by atoms with Gasteiger partial charge in [-0.2, -0.15) is 0 Å². The zero-order chi connectivity index (χ0) is 14.4. The molecule has 0 aliphatic carbocycles. The third-order valence-corrected chi connectivity index (χ3v) is 3.04. The highest BCUT2D eigenvalue weighted by atomic mass is 16.5. The van der Waals surface area contributed by atoms with Gasteiger partial charge >= 0.3 is 0 Å². The average molecular weight is 272 g/mol. The van der Waals surface area contributed by atoms with Gasteiger partial charge in [-0.25, -0.2) is 4.99 Å². The van der Waals surface area contributed by atoms with Crippen LogP contribution in [0.15, 0.2) is 45.9 Å². The van der Waals surface area contributed by atoms with Crippen molar-refractivity contribution in [3.05, 3.63) is 42.1 Å². The first-order valence-electron chi connectivity index (χ1n) is 6.76. The fourth-order valence-electron chi connectivity index (χ4n) is 1.69. The molecule has 0 aliphatic heterocycles. The van der Waals surface area contributed by atoms with Crippen LogP contribution in [0.3, 0.4) is 0 Å². The van der Waals surface area contributed by atoms with Gasteiger partial charge in [0, 0.05) is 17.7 Å². The summed E-state index contributed by atoms with van der Waals surface area (Å²) in [7, 11) is 0. The lowest BCUT2D eigenvalue weighted by atomic mass is 10.2. The van der Waals surface area contributed by atoms with Crippen molar-refractivity contribution in [2.24, 2.45) is 10.7 Å². The molecule has 0 aliphatic rings. The van der Waals surface area contributed by atoms with E-state index in [1.54, 1.807) is 0 Å². The molecule has 0 spiro atoms. The second-order valence-electron chi connectivity index (χ2n) is 4.70. The predicted octanol–water partition coefficient (Wildman–Crippen LogP) is 2.54. The maximum Gasteiger partial charge on any atom is 0.189 e. The van der Waals surface area contributed by atoms with E-state index in [9.17, 15) is 0 Å². The van der Waals surface area contributed by atoms with E-state index in [-0.39, 0.29) is 0 Å². The molecule has 0 amide bonds. The van der Waals surface area contributed by atoms with Crippen LogP contribution in [0.4, 0.5) is 0 Å². The Balaban J connectivity index is 1.98. The molecule has 1 unspecified atom stereocenters. The number of benzene rings is 1. The summed E-state index contributed by atoms with van der Waals surface area (Å²) in [6.45, 7) is 4.56. The Bertz CT molecular complexity index is 562. The summed E-state index contributed by atoms with van der Waals surface area (Å²) >= 11 is 0. The molecule has 20 heavy (non-hydrogen) atoms. The van der Waals surface area contributed by atoms with Crippen molar-refractivity contribution in [2.45, 2.75) is 32.9 Å². The standard InChI is InChI=1S/C15H20N4O/c1-3-11(2)18-15(16)17-10-13-9-14(20-19-13)12-7-5-4-6-8-12/h4-9,11H,3,10H2,1-2H3,(H3,16,17,18). The molecule has 0 bridgehead atoms. The Hall–Kier alpha value is -2.30. The first-order chi connectivity index (χ1) is 9.69. The minimum Gasteiger partial charge on any atom is -0.370 e. The number of aromatic nitrogens is 1. The van der Waals surface area contributed by atoms with Gasteiger partial charge in [0.2, 0.25) is 0 Å². The molecular weight excluding hydrogens is 252 g/mol. The number of aliphatic imine (C=N–C) groups is 1. The van der Waals surface area contributed by atoms with Crippen LogP contribution in [0.5, 0.6) is 0 Å². The van der Waals surface area contributed by atoms with Crippen molar-refractivity contribution in [1.29, 1.82) is 0 Å². The molecule has 0 radical (unpaired) electrons. The largest absolute Gasteiger partial charge is 0.370 e. The quantitative estimate of drug-likeness (QED) is 0.648. The maximum absolute atomic E-state index is 5.80. The van der Waals surface area contributed by atoms with Crippen molar-refractivity contribution in [1.82, 2.24) is 10.5 Å². The number of hydrogen-bond acceptors (Lipinski definition) is 3. The number of nitrogens with zero attached hydrogens (tertiary/aromatic N) is 2. The molecule has 0 saturated heterocycles. The Morgan fingerprint density at radius 2 is 2.15 bits per heavy atom. The van der Waals surface area contributed by atoms with E-state index in [2.05, 4.69) is 29.3 Å². The van der Waals surface area contributed by atoms with Gasteiger partial charge in [-0.3, -0.25) is 0 Å². The molecule has 1 atom stereocenters. The Kier molecular flexibility index (Phi) is 4.76. The molecule has 1 aromatic carbocycles. The topological polar surface area (TPSA) is 76.4 Å². The highest BCUT2D eigenvalue weighted by Crippen LogP contribution is 2.19. The summed E-state index contributed by atoms with van der Waals surface area (Å²) in [5.74, 6) is 1.17. The van der Waals surface area contributed by atoms with E-state index in [0.29, 0.717) is 18.5 Å². The summed E-state index contributed by atoms with van der Waals surface area (Å²) in [6, 6.07) is 12.0. The maximum atomic E-state index is 5.80. The highest BCUT2D eigenvalue weighted by Gasteiger charge is 2.06. The number of hydrogen-bond donors (Lipinski definition) is 2. The van der Waals surface area contributed by atoms with Crippen molar-refractivity contribution < 1.29 is 4.52 Å².